The van der Waals surface area contributed by atoms with Crippen LogP contribution >= 0.6 is 0 Å². The van der Waals surface area contributed by atoms with Gasteiger partial charge in [0.05, 0.1) is 19.8 Å². The zero-order valence-electron chi connectivity index (χ0n) is 17.8. The van der Waals surface area contributed by atoms with Crippen molar-refractivity contribution in [1.29, 1.82) is 0 Å². The molecule has 3 aromatic rings. The van der Waals surface area contributed by atoms with E-state index in [1.54, 1.807) is 7.11 Å². The third kappa shape index (κ3) is 4.77. The monoisotopic (exact) mass is 410 g/mol. The maximum absolute atomic E-state index is 5.46. The van der Waals surface area contributed by atoms with Gasteiger partial charge in [0.25, 0.3) is 0 Å². The van der Waals surface area contributed by atoms with Gasteiger partial charge in [-0.25, -0.2) is 15.0 Å². The van der Waals surface area contributed by atoms with Crippen molar-refractivity contribution >= 4 is 17.0 Å². The maximum Gasteiger partial charge on any atom is 0.166 e. The smallest absolute Gasteiger partial charge is 0.166 e. The highest BCUT2D eigenvalue weighted by Gasteiger charge is 2.19. The predicted octanol–water partition coefficient (Wildman–Crippen LogP) is 2.58. The Kier molecular flexibility index (Phi) is 6.88. The maximum atomic E-state index is 5.46. The zero-order chi connectivity index (χ0) is 20.8. The Balaban J connectivity index is 1.66. The summed E-state index contributed by atoms with van der Waals surface area (Å²) >= 11 is 0. The summed E-state index contributed by atoms with van der Waals surface area (Å²) in [6.07, 6.45) is 1.03. The molecule has 1 N–H and O–H groups in total. The van der Waals surface area contributed by atoms with E-state index in [4.69, 9.17) is 19.4 Å². The molecule has 0 amide bonds. The van der Waals surface area contributed by atoms with Crippen molar-refractivity contribution in [3.63, 3.8) is 0 Å². The summed E-state index contributed by atoms with van der Waals surface area (Å²) in [4.78, 5) is 16.8. The summed E-state index contributed by atoms with van der Waals surface area (Å²) in [5, 5.41) is 3.36. The molecule has 0 radical (unpaired) electrons. The van der Waals surface area contributed by atoms with Gasteiger partial charge in [-0.1, -0.05) is 30.3 Å². The fourth-order valence-corrected chi connectivity index (χ4v) is 3.80. The normalized spacial score (nSPS) is 15.0. The molecule has 2 aromatic heterocycles. The van der Waals surface area contributed by atoms with Crippen LogP contribution in [0.3, 0.4) is 0 Å². The molecule has 4 rings (SSSR count). The van der Waals surface area contributed by atoms with E-state index < -0.39 is 0 Å². The van der Waals surface area contributed by atoms with Crippen molar-refractivity contribution < 1.29 is 9.47 Å². The van der Waals surface area contributed by atoms with Gasteiger partial charge >= 0.3 is 0 Å². The molecule has 0 atom stereocenters. The second kappa shape index (κ2) is 9.97. The number of ether oxygens (including phenoxy) is 2. The van der Waals surface area contributed by atoms with Crippen molar-refractivity contribution in [3.05, 3.63) is 36.2 Å². The van der Waals surface area contributed by atoms with Crippen molar-refractivity contribution in [2.45, 2.75) is 19.9 Å². The number of hydrogen-bond acceptors (Lipinski definition) is 7. The number of benzene rings is 1. The number of morpholine rings is 1. The first-order chi connectivity index (χ1) is 14.8. The van der Waals surface area contributed by atoms with E-state index in [0.29, 0.717) is 13.2 Å². The van der Waals surface area contributed by atoms with Gasteiger partial charge in [0.2, 0.25) is 0 Å². The molecule has 1 aliphatic rings. The van der Waals surface area contributed by atoms with Gasteiger partial charge in [-0.2, -0.15) is 0 Å². The first-order valence-electron chi connectivity index (χ1n) is 10.6. The summed E-state index contributed by atoms with van der Waals surface area (Å²) in [5.41, 5.74) is 2.77. The Bertz CT molecular complexity index is 953. The predicted molar refractivity (Wildman–Crippen MR) is 118 cm³/mol. The molecular weight excluding hydrogens is 380 g/mol. The van der Waals surface area contributed by atoms with Gasteiger partial charge in [0.1, 0.15) is 11.6 Å². The van der Waals surface area contributed by atoms with Crippen LogP contribution in [-0.4, -0.2) is 77.5 Å². The number of rotatable bonds is 9. The summed E-state index contributed by atoms with van der Waals surface area (Å²) in [6.45, 7) is 8.76. The second-order valence-corrected chi connectivity index (χ2v) is 7.47. The van der Waals surface area contributed by atoms with Crippen LogP contribution in [0.4, 0.5) is 5.82 Å². The number of imidazole rings is 1. The van der Waals surface area contributed by atoms with Crippen LogP contribution in [0.25, 0.3) is 22.6 Å². The molecule has 1 fully saturated rings. The minimum Gasteiger partial charge on any atom is -0.383 e. The average molecular weight is 411 g/mol. The summed E-state index contributed by atoms with van der Waals surface area (Å²) in [6, 6.07) is 10.3. The van der Waals surface area contributed by atoms with E-state index in [-0.39, 0.29) is 0 Å². The van der Waals surface area contributed by atoms with Gasteiger partial charge in [0.15, 0.2) is 17.0 Å². The molecule has 1 saturated heterocycles. The molecule has 1 aliphatic heterocycles. The number of anilines is 1. The van der Waals surface area contributed by atoms with E-state index in [1.807, 2.05) is 25.1 Å². The lowest BCUT2D eigenvalue weighted by Crippen LogP contribution is -2.37. The minimum absolute atomic E-state index is 0.607. The first kappa shape index (κ1) is 20.7. The summed E-state index contributed by atoms with van der Waals surface area (Å²) in [7, 11) is 1.69. The zero-order valence-corrected chi connectivity index (χ0v) is 17.8. The number of aromatic nitrogens is 4. The SMILES string of the molecule is COCCNc1nc(C)nc2c1nc(-c1ccccc1)n2CCCN1CCOCC1. The van der Waals surface area contributed by atoms with Crippen molar-refractivity contribution in [2.24, 2.45) is 0 Å². The van der Waals surface area contributed by atoms with Gasteiger partial charge in [0, 0.05) is 45.4 Å². The van der Waals surface area contributed by atoms with E-state index in [0.717, 1.165) is 80.0 Å². The molecule has 1 aromatic carbocycles. The van der Waals surface area contributed by atoms with E-state index in [1.165, 1.54) is 0 Å². The molecule has 8 nitrogen and oxygen atoms in total. The molecule has 0 aliphatic carbocycles. The van der Waals surface area contributed by atoms with E-state index >= 15 is 0 Å². The van der Waals surface area contributed by atoms with Crippen LogP contribution in [0, 0.1) is 6.92 Å². The average Bonchev–Trinajstić information content (AvgIpc) is 3.14. The minimum atomic E-state index is 0.607. The fourth-order valence-electron chi connectivity index (χ4n) is 3.80. The van der Waals surface area contributed by atoms with Crippen LogP contribution in [0.1, 0.15) is 12.2 Å². The van der Waals surface area contributed by atoms with E-state index in [9.17, 15) is 0 Å². The molecule has 30 heavy (non-hydrogen) atoms. The molecule has 160 valence electrons. The van der Waals surface area contributed by atoms with Crippen molar-refractivity contribution in [1.82, 2.24) is 24.4 Å². The number of fused-ring (bicyclic) bond motifs is 1. The highest BCUT2D eigenvalue weighted by molar-refractivity contribution is 5.86. The molecule has 0 unspecified atom stereocenters. The third-order valence-electron chi connectivity index (χ3n) is 5.30. The number of methoxy groups -OCH3 is 1. The van der Waals surface area contributed by atoms with Gasteiger partial charge in [-0.05, 0) is 13.3 Å². The quantitative estimate of drug-likeness (QED) is 0.543. The molecule has 0 bridgehead atoms. The molecule has 3 heterocycles. The highest BCUT2D eigenvalue weighted by Crippen LogP contribution is 2.27. The Hall–Kier alpha value is -2.55. The Labute approximate surface area is 177 Å². The Morgan fingerprint density at radius 3 is 2.63 bits per heavy atom. The number of nitrogens with one attached hydrogen (secondary N) is 1. The van der Waals surface area contributed by atoms with Crippen molar-refractivity contribution in [2.75, 3.05) is 58.4 Å². The van der Waals surface area contributed by atoms with Gasteiger partial charge in [-0.3, -0.25) is 4.90 Å². The number of nitrogens with zero attached hydrogens (tertiary/aromatic N) is 5. The lowest BCUT2D eigenvalue weighted by Gasteiger charge is -2.26. The second-order valence-electron chi connectivity index (χ2n) is 7.47. The fraction of sp³-hybridized carbons (Fsp3) is 0.500. The van der Waals surface area contributed by atoms with Crippen LogP contribution < -0.4 is 5.32 Å². The Morgan fingerprint density at radius 2 is 1.87 bits per heavy atom. The number of aryl methyl sites for hydroxylation is 2. The topological polar surface area (TPSA) is 77.3 Å². The summed E-state index contributed by atoms with van der Waals surface area (Å²) < 4.78 is 12.9. The first-order valence-corrected chi connectivity index (χ1v) is 10.6. The lowest BCUT2D eigenvalue weighted by molar-refractivity contribution is 0.0370. The van der Waals surface area contributed by atoms with Crippen LogP contribution in [0.2, 0.25) is 0 Å². The molecule has 8 heteroatoms. The van der Waals surface area contributed by atoms with E-state index in [2.05, 4.69) is 31.9 Å². The summed E-state index contributed by atoms with van der Waals surface area (Å²) in [5.74, 6) is 2.43. The van der Waals surface area contributed by atoms with Gasteiger partial charge in [-0.15, -0.1) is 0 Å². The largest absolute Gasteiger partial charge is 0.383 e. The number of hydrogen-bond donors (Lipinski definition) is 1. The lowest BCUT2D eigenvalue weighted by atomic mass is 10.2. The highest BCUT2D eigenvalue weighted by atomic mass is 16.5. The molecule has 0 saturated carbocycles. The van der Waals surface area contributed by atoms with Gasteiger partial charge < -0.3 is 19.4 Å². The van der Waals surface area contributed by atoms with Crippen molar-refractivity contribution in [3.8, 4) is 11.4 Å². The van der Waals surface area contributed by atoms with Crippen LogP contribution in [0.15, 0.2) is 30.3 Å². The Morgan fingerprint density at radius 1 is 1.07 bits per heavy atom. The van der Waals surface area contributed by atoms with Crippen LogP contribution in [-0.2, 0) is 16.0 Å². The molecular formula is C22H30N6O2. The third-order valence-corrected chi connectivity index (χ3v) is 5.30. The molecule has 0 spiro atoms. The van der Waals surface area contributed by atoms with Crippen LogP contribution in [0.5, 0.6) is 0 Å². The standard InChI is InChI=1S/C22H30N6O2/c1-17-24-20(23-9-14-29-2)19-22(25-17)28(11-6-10-27-12-15-30-16-13-27)21(26-19)18-7-4-3-5-8-18/h3-5,7-8H,6,9-16H2,1-2H3,(H,23,24,25).